The highest BCUT2D eigenvalue weighted by atomic mass is 32.1. The van der Waals surface area contributed by atoms with Crippen LogP contribution in [-0.2, 0) is 6.42 Å². The van der Waals surface area contributed by atoms with Gasteiger partial charge in [0, 0.05) is 5.38 Å². The first-order chi connectivity index (χ1) is 6.63. The summed E-state index contributed by atoms with van der Waals surface area (Å²) in [5.74, 6) is 2.76. The molecule has 1 N–H and O–H groups in total. The predicted octanol–water partition coefficient (Wildman–Crippen LogP) is 2.92. The molecular weight excluding hydrogens is 192 g/mol. The number of aryl methyl sites for hydroxylation is 1. The van der Waals surface area contributed by atoms with Gasteiger partial charge in [-0.1, -0.05) is 19.8 Å². The number of rotatable bonds is 4. The van der Waals surface area contributed by atoms with Crippen LogP contribution < -0.4 is 5.32 Å². The maximum absolute atomic E-state index is 5.47. The van der Waals surface area contributed by atoms with E-state index in [1.165, 1.54) is 0 Å². The van der Waals surface area contributed by atoms with Crippen LogP contribution in [-0.4, -0.2) is 10.5 Å². The van der Waals surface area contributed by atoms with Crippen molar-refractivity contribution in [2.24, 2.45) is 0 Å². The monoisotopic (exact) mass is 208 g/mol. The third-order valence-electron chi connectivity index (χ3n) is 2.32. The van der Waals surface area contributed by atoms with E-state index in [9.17, 15) is 0 Å². The Morgan fingerprint density at radius 2 is 2.36 bits per heavy atom. The van der Waals surface area contributed by atoms with E-state index in [-0.39, 0.29) is 5.54 Å². The van der Waals surface area contributed by atoms with Crippen LogP contribution in [0.5, 0.6) is 0 Å². The van der Waals surface area contributed by atoms with Crippen molar-refractivity contribution in [1.82, 2.24) is 4.98 Å². The molecule has 3 heteroatoms. The fraction of sp³-hybridized carbons (Fsp3) is 0.545. The van der Waals surface area contributed by atoms with E-state index in [4.69, 9.17) is 6.42 Å². The molecule has 1 heterocycles. The second kappa shape index (κ2) is 4.47. The maximum atomic E-state index is 5.47. The number of aromatic nitrogens is 1. The molecule has 0 fully saturated rings. The summed E-state index contributed by atoms with van der Waals surface area (Å²) in [7, 11) is 0. The van der Waals surface area contributed by atoms with Crippen LogP contribution in [0.15, 0.2) is 5.38 Å². The van der Waals surface area contributed by atoms with E-state index < -0.39 is 0 Å². The zero-order valence-corrected chi connectivity index (χ0v) is 9.74. The third-order valence-corrected chi connectivity index (χ3v) is 3.13. The van der Waals surface area contributed by atoms with Gasteiger partial charge in [-0.05, 0) is 19.8 Å². The van der Waals surface area contributed by atoms with Gasteiger partial charge in [0.25, 0.3) is 0 Å². The lowest BCUT2D eigenvalue weighted by Gasteiger charge is -2.22. The van der Waals surface area contributed by atoms with Crippen molar-refractivity contribution in [3.05, 3.63) is 11.1 Å². The number of nitrogens with one attached hydrogen (secondary N) is 1. The van der Waals surface area contributed by atoms with E-state index in [1.54, 1.807) is 11.3 Å². The highest BCUT2D eigenvalue weighted by Gasteiger charge is 2.19. The predicted molar refractivity (Wildman–Crippen MR) is 62.6 cm³/mol. The van der Waals surface area contributed by atoms with Gasteiger partial charge in [0.15, 0.2) is 5.13 Å². The molecule has 0 bridgehead atoms. The van der Waals surface area contributed by atoms with Gasteiger partial charge in [0.2, 0.25) is 0 Å². The topological polar surface area (TPSA) is 24.9 Å². The molecule has 0 aliphatic carbocycles. The van der Waals surface area contributed by atoms with Crippen molar-refractivity contribution in [1.29, 1.82) is 0 Å². The van der Waals surface area contributed by atoms with Crippen molar-refractivity contribution in [2.45, 2.75) is 39.2 Å². The van der Waals surface area contributed by atoms with Crippen LogP contribution in [0, 0.1) is 12.3 Å². The van der Waals surface area contributed by atoms with Crippen LogP contribution in [0.2, 0.25) is 0 Å². The number of nitrogens with zero attached hydrogens (tertiary/aromatic N) is 1. The molecule has 0 aromatic carbocycles. The molecule has 1 atom stereocenters. The molecule has 1 aromatic rings. The Kier molecular flexibility index (Phi) is 3.54. The summed E-state index contributed by atoms with van der Waals surface area (Å²) >= 11 is 1.61. The summed E-state index contributed by atoms with van der Waals surface area (Å²) in [5, 5.41) is 6.27. The summed E-state index contributed by atoms with van der Waals surface area (Å²) in [5.41, 5.74) is 0.844. The molecule has 2 nitrogen and oxygen atoms in total. The number of terminal acetylenes is 1. The summed E-state index contributed by atoms with van der Waals surface area (Å²) < 4.78 is 0. The van der Waals surface area contributed by atoms with E-state index in [1.807, 2.05) is 6.92 Å². The van der Waals surface area contributed by atoms with E-state index in [2.05, 4.69) is 35.4 Å². The Bertz CT molecular complexity index is 337. The zero-order chi connectivity index (χ0) is 10.6. The maximum Gasteiger partial charge on any atom is 0.184 e. The van der Waals surface area contributed by atoms with Gasteiger partial charge >= 0.3 is 0 Å². The van der Waals surface area contributed by atoms with Gasteiger partial charge in [0.05, 0.1) is 11.2 Å². The van der Waals surface area contributed by atoms with Crippen molar-refractivity contribution < 1.29 is 0 Å². The van der Waals surface area contributed by atoms with Crippen LogP contribution >= 0.6 is 11.3 Å². The molecule has 0 amide bonds. The average Bonchev–Trinajstić information content (AvgIpc) is 2.65. The van der Waals surface area contributed by atoms with Crippen molar-refractivity contribution in [3.63, 3.8) is 0 Å². The molecule has 0 radical (unpaired) electrons. The molecule has 0 saturated heterocycles. The first-order valence-corrected chi connectivity index (χ1v) is 5.72. The Labute approximate surface area is 89.8 Å². The largest absolute Gasteiger partial charge is 0.346 e. The number of hydrogen-bond donors (Lipinski definition) is 1. The quantitative estimate of drug-likeness (QED) is 0.770. The molecule has 1 rings (SSSR count). The van der Waals surface area contributed by atoms with E-state index in [0.717, 1.165) is 23.7 Å². The molecule has 0 saturated carbocycles. The van der Waals surface area contributed by atoms with Crippen LogP contribution in [0.1, 0.15) is 32.9 Å². The third kappa shape index (κ3) is 2.49. The Morgan fingerprint density at radius 1 is 1.64 bits per heavy atom. The van der Waals surface area contributed by atoms with Gasteiger partial charge in [-0.2, -0.15) is 0 Å². The molecule has 14 heavy (non-hydrogen) atoms. The average molecular weight is 208 g/mol. The molecule has 1 unspecified atom stereocenters. The van der Waals surface area contributed by atoms with E-state index >= 15 is 0 Å². The second-order valence-electron chi connectivity index (χ2n) is 3.45. The number of hydrogen-bond acceptors (Lipinski definition) is 3. The van der Waals surface area contributed by atoms with Crippen LogP contribution in [0.25, 0.3) is 0 Å². The first-order valence-electron chi connectivity index (χ1n) is 4.84. The summed E-state index contributed by atoms with van der Waals surface area (Å²) in [6.07, 6.45) is 7.33. The minimum absolute atomic E-state index is 0.275. The molecule has 0 spiro atoms. The zero-order valence-electron chi connectivity index (χ0n) is 8.92. The van der Waals surface area contributed by atoms with Gasteiger partial charge < -0.3 is 5.32 Å². The lowest BCUT2D eigenvalue weighted by atomic mass is 10.0. The SMILES string of the molecule is C#CC(C)(CC)Nc1nc(CC)cs1. The minimum Gasteiger partial charge on any atom is -0.346 e. The summed E-state index contributed by atoms with van der Waals surface area (Å²) in [4.78, 5) is 4.42. The Hall–Kier alpha value is -1.01. The second-order valence-corrected chi connectivity index (χ2v) is 4.31. The van der Waals surface area contributed by atoms with Gasteiger partial charge in [-0.25, -0.2) is 4.98 Å². The van der Waals surface area contributed by atoms with Gasteiger partial charge in [-0.15, -0.1) is 17.8 Å². The molecule has 0 aliphatic heterocycles. The van der Waals surface area contributed by atoms with Crippen LogP contribution in [0.3, 0.4) is 0 Å². The van der Waals surface area contributed by atoms with Gasteiger partial charge in [0.1, 0.15) is 0 Å². The minimum atomic E-state index is -0.275. The van der Waals surface area contributed by atoms with Crippen molar-refractivity contribution in [3.8, 4) is 12.3 Å². The number of anilines is 1. The molecule has 1 aromatic heterocycles. The van der Waals surface area contributed by atoms with Crippen molar-refractivity contribution >= 4 is 16.5 Å². The highest BCUT2D eigenvalue weighted by Crippen LogP contribution is 2.21. The fourth-order valence-electron chi connectivity index (χ4n) is 0.989. The van der Waals surface area contributed by atoms with Gasteiger partial charge in [-0.3, -0.25) is 0 Å². The van der Waals surface area contributed by atoms with Crippen molar-refractivity contribution in [2.75, 3.05) is 5.32 Å². The Balaban J connectivity index is 2.73. The smallest absolute Gasteiger partial charge is 0.184 e. The summed E-state index contributed by atoms with van der Waals surface area (Å²) in [6, 6.07) is 0. The van der Waals surface area contributed by atoms with Crippen LogP contribution in [0.4, 0.5) is 5.13 Å². The molecular formula is C11H16N2S. The lowest BCUT2D eigenvalue weighted by Crippen LogP contribution is -2.31. The number of thiazole rings is 1. The normalized spacial score (nSPS) is 14.4. The standard InChI is InChI=1S/C11H16N2S/c1-5-9-8-14-10(12-9)13-11(4,6-2)7-3/h2,8H,5,7H2,1,3-4H3,(H,12,13). The Morgan fingerprint density at radius 3 is 2.79 bits per heavy atom. The molecule has 76 valence electrons. The fourth-order valence-corrected chi connectivity index (χ4v) is 1.91. The molecule has 0 aliphatic rings. The summed E-state index contributed by atoms with van der Waals surface area (Å²) in [6.45, 7) is 6.18. The lowest BCUT2D eigenvalue weighted by molar-refractivity contribution is 0.634. The first kappa shape index (κ1) is 11.1. The van der Waals surface area contributed by atoms with E-state index in [0.29, 0.717) is 0 Å². The highest BCUT2D eigenvalue weighted by molar-refractivity contribution is 7.13.